The SMILES string of the molecule is c1ccc(-c2nc3c(c(N4Cc5ccccc5C4)n2)CCNC3)nc1. The molecule has 1 aromatic carbocycles. The van der Waals surface area contributed by atoms with Crippen LogP contribution in [0.1, 0.15) is 22.4 Å². The lowest BCUT2D eigenvalue weighted by atomic mass is 10.1. The third kappa shape index (κ3) is 2.57. The van der Waals surface area contributed by atoms with Crippen molar-refractivity contribution in [1.82, 2.24) is 20.3 Å². The quantitative estimate of drug-likeness (QED) is 0.783. The molecule has 0 amide bonds. The predicted octanol–water partition coefficient (Wildman–Crippen LogP) is 2.70. The Morgan fingerprint density at radius 2 is 1.72 bits per heavy atom. The Kier molecular flexibility index (Phi) is 3.45. The first-order valence-corrected chi connectivity index (χ1v) is 8.72. The van der Waals surface area contributed by atoms with Crippen molar-refractivity contribution in [2.75, 3.05) is 11.4 Å². The zero-order valence-electron chi connectivity index (χ0n) is 13.9. The molecule has 0 unspecified atom stereocenters. The zero-order chi connectivity index (χ0) is 16.6. The number of fused-ring (bicyclic) bond motifs is 2. The molecule has 0 bridgehead atoms. The van der Waals surface area contributed by atoms with Crippen LogP contribution in [-0.2, 0) is 26.1 Å². The molecule has 0 saturated heterocycles. The number of nitrogens with zero attached hydrogens (tertiary/aromatic N) is 4. The molecule has 0 aliphatic carbocycles. The molecule has 0 saturated carbocycles. The fourth-order valence-electron chi connectivity index (χ4n) is 3.69. The number of rotatable bonds is 2. The van der Waals surface area contributed by atoms with Crippen molar-refractivity contribution in [1.29, 1.82) is 0 Å². The summed E-state index contributed by atoms with van der Waals surface area (Å²) < 4.78 is 0. The molecule has 0 spiro atoms. The first-order chi connectivity index (χ1) is 12.4. The van der Waals surface area contributed by atoms with E-state index >= 15 is 0 Å². The Bertz CT molecular complexity index is 898. The van der Waals surface area contributed by atoms with E-state index in [2.05, 4.69) is 39.5 Å². The van der Waals surface area contributed by atoms with E-state index in [1.807, 2.05) is 18.2 Å². The second-order valence-electron chi connectivity index (χ2n) is 6.56. The van der Waals surface area contributed by atoms with Gasteiger partial charge in [0.15, 0.2) is 5.82 Å². The molecule has 2 aromatic heterocycles. The summed E-state index contributed by atoms with van der Waals surface area (Å²) in [5, 5.41) is 3.43. The van der Waals surface area contributed by atoms with Crippen LogP contribution in [0.5, 0.6) is 0 Å². The van der Waals surface area contributed by atoms with Gasteiger partial charge in [-0.2, -0.15) is 0 Å². The summed E-state index contributed by atoms with van der Waals surface area (Å²) in [4.78, 5) is 16.6. The Morgan fingerprint density at radius 1 is 0.920 bits per heavy atom. The van der Waals surface area contributed by atoms with Crippen molar-refractivity contribution < 1.29 is 0 Å². The average Bonchev–Trinajstić information content (AvgIpc) is 3.12. The summed E-state index contributed by atoms with van der Waals surface area (Å²) in [6.07, 6.45) is 2.77. The normalized spacial score (nSPS) is 15.8. The van der Waals surface area contributed by atoms with E-state index in [0.29, 0.717) is 5.82 Å². The van der Waals surface area contributed by atoms with Crippen LogP contribution in [0.15, 0.2) is 48.7 Å². The van der Waals surface area contributed by atoms with Gasteiger partial charge in [-0.3, -0.25) is 4.98 Å². The second-order valence-corrected chi connectivity index (χ2v) is 6.56. The number of hydrogen-bond acceptors (Lipinski definition) is 5. The molecule has 1 N–H and O–H groups in total. The van der Waals surface area contributed by atoms with Gasteiger partial charge in [-0.05, 0) is 36.2 Å². The monoisotopic (exact) mass is 329 g/mol. The van der Waals surface area contributed by atoms with Crippen LogP contribution >= 0.6 is 0 Å². The van der Waals surface area contributed by atoms with Crippen LogP contribution in [0.4, 0.5) is 5.82 Å². The molecule has 0 fully saturated rings. The Balaban J connectivity index is 1.61. The molecular weight excluding hydrogens is 310 g/mol. The van der Waals surface area contributed by atoms with Gasteiger partial charge in [0.1, 0.15) is 11.5 Å². The smallest absolute Gasteiger partial charge is 0.180 e. The van der Waals surface area contributed by atoms with Gasteiger partial charge >= 0.3 is 0 Å². The lowest BCUT2D eigenvalue weighted by Gasteiger charge is -2.25. The number of aromatic nitrogens is 3. The number of pyridine rings is 1. The molecular formula is C20H19N5. The highest BCUT2D eigenvalue weighted by molar-refractivity contribution is 5.60. The minimum absolute atomic E-state index is 0.717. The van der Waals surface area contributed by atoms with Gasteiger partial charge in [-0.1, -0.05) is 30.3 Å². The molecule has 4 heterocycles. The molecule has 3 aromatic rings. The first-order valence-electron chi connectivity index (χ1n) is 8.72. The topological polar surface area (TPSA) is 53.9 Å². The number of benzene rings is 1. The summed E-state index contributed by atoms with van der Waals surface area (Å²) in [5.41, 5.74) is 6.00. The highest BCUT2D eigenvalue weighted by atomic mass is 15.2. The standard InChI is InChI=1S/C20H19N5/c1-2-6-15-13-25(12-14(15)5-1)20-16-8-10-21-11-18(16)23-19(24-20)17-7-3-4-9-22-17/h1-7,9,21H,8,10-13H2. The highest BCUT2D eigenvalue weighted by Gasteiger charge is 2.26. The van der Waals surface area contributed by atoms with Gasteiger partial charge in [-0.25, -0.2) is 9.97 Å². The third-order valence-corrected chi connectivity index (χ3v) is 4.95. The summed E-state index contributed by atoms with van der Waals surface area (Å²) in [6.45, 7) is 3.60. The lowest BCUT2D eigenvalue weighted by molar-refractivity contribution is 0.620. The van der Waals surface area contributed by atoms with E-state index in [0.717, 1.165) is 49.8 Å². The van der Waals surface area contributed by atoms with Crippen molar-refractivity contribution in [3.8, 4) is 11.5 Å². The fourth-order valence-corrected chi connectivity index (χ4v) is 3.69. The Labute approximate surface area is 146 Å². The number of anilines is 1. The van der Waals surface area contributed by atoms with E-state index in [1.54, 1.807) is 6.20 Å². The van der Waals surface area contributed by atoms with Gasteiger partial charge in [0, 0.05) is 31.4 Å². The molecule has 5 heteroatoms. The minimum Gasteiger partial charge on any atom is -0.348 e. The van der Waals surface area contributed by atoms with Crippen molar-refractivity contribution in [3.05, 3.63) is 71.0 Å². The summed E-state index contributed by atoms with van der Waals surface area (Å²) in [7, 11) is 0. The van der Waals surface area contributed by atoms with Crippen molar-refractivity contribution in [2.45, 2.75) is 26.1 Å². The number of nitrogens with one attached hydrogen (secondary N) is 1. The lowest BCUT2D eigenvalue weighted by Crippen LogP contribution is -2.29. The van der Waals surface area contributed by atoms with Crippen LogP contribution in [0.3, 0.4) is 0 Å². The zero-order valence-corrected chi connectivity index (χ0v) is 13.9. The predicted molar refractivity (Wildman–Crippen MR) is 97.0 cm³/mol. The number of hydrogen-bond donors (Lipinski definition) is 1. The summed E-state index contributed by atoms with van der Waals surface area (Å²) >= 11 is 0. The van der Waals surface area contributed by atoms with Gasteiger partial charge in [-0.15, -0.1) is 0 Å². The minimum atomic E-state index is 0.717. The molecule has 25 heavy (non-hydrogen) atoms. The van der Waals surface area contributed by atoms with Crippen molar-refractivity contribution in [2.24, 2.45) is 0 Å². The van der Waals surface area contributed by atoms with E-state index in [1.165, 1.54) is 16.7 Å². The highest BCUT2D eigenvalue weighted by Crippen LogP contribution is 2.32. The van der Waals surface area contributed by atoms with Gasteiger partial charge in [0.05, 0.1) is 5.69 Å². The molecule has 5 rings (SSSR count). The third-order valence-electron chi connectivity index (χ3n) is 4.95. The van der Waals surface area contributed by atoms with E-state index in [4.69, 9.17) is 9.97 Å². The maximum atomic E-state index is 4.95. The largest absolute Gasteiger partial charge is 0.348 e. The molecule has 0 radical (unpaired) electrons. The van der Waals surface area contributed by atoms with Crippen molar-refractivity contribution >= 4 is 5.82 Å². The molecule has 2 aliphatic rings. The molecule has 5 nitrogen and oxygen atoms in total. The first kappa shape index (κ1) is 14.5. The van der Waals surface area contributed by atoms with E-state index < -0.39 is 0 Å². The molecule has 124 valence electrons. The Hall–Kier alpha value is -2.79. The van der Waals surface area contributed by atoms with Gasteiger partial charge < -0.3 is 10.2 Å². The van der Waals surface area contributed by atoms with Crippen LogP contribution in [0, 0.1) is 0 Å². The van der Waals surface area contributed by atoms with Crippen LogP contribution in [0.25, 0.3) is 11.5 Å². The van der Waals surface area contributed by atoms with Crippen LogP contribution < -0.4 is 10.2 Å². The Morgan fingerprint density at radius 3 is 2.48 bits per heavy atom. The molecule has 0 atom stereocenters. The average molecular weight is 329 g/mol. The maximum absolute atomic E-state index is 4.95. The molecule has 2 aliphatic heterocycles. The van der Waals surface area contributed by atoms with E-state index in [-0.39, 0.29) is 0 Å². The van der Waals surface area contributed by atoms with Gasteiger partial charge in [0.25, 0.3) is 0 Å². The van der Waals surface area contributed by atoms with Crippen LogP contribution in [-0.4, -0.2) is 21.5 Å². The van der Waals surface area contributed by atoms with E-state index in [9.17, 15) is 0 Å². The van der Waals surface area contributed by atoms with Crippen LogP contribution in [0.2, 0.25) is 0 Å². The fraction of sp³-hybridized carbons (Fsp3) is 0.250. The summed E-state index contributed by atoms with van der Waals surface area (Å²) in [5.74, 6) is 1.79. The van der Waals surface area contributed by atoms with Gasteiger partial charge in [0.2, 0.25) is 0 Å². The van der Waals surface area contributed by atoms with Crippen molar-refractivity contribution in [3.63, 3.8) is 0 Å². The second kappa shape index (κ2) is 5.93. The summed E-state index contributed by atoms with van der Waals surface area (Å²) in [6, 6.07) is 14.5. The maximum Gasteiger partial charge on any atom is 0.180 e.